The van der Waals surface area contributed by atoms with Crippen molar-refractivity contribution in [3.05, 3.63) is 29.8 Å². The number of methoxy groups -OCH3 is 1. The summed E-state index contributed by atoms with van der Waals surface area (Å²) < 4.78 is 5.03. The van der Waals surface area contributed by atoms with Gasteiger partial charge in [-0.05, 0) is 31.2 Å². The minimum atomic E-state index is 0.283. The number of nitrogens with two attached hydrogens (primary N) is 1. The van der Waals surface area contributed by atoms with Crippen LogP contribution in [0.2, 0.25) is 0 Å². The fourth-order valence-corrected chi connectivity index (χ4v) is 1.44. The smallest absolute Gasteiger partial charge is 0.103 e. The van der Waals surface area contributed by atoms with Crippen molar-refractivity contribution in [3.8, 4) is 0 Å². The second-order valence-corrected chi connectivity index (χ2v) is 3.88. The third-order valence-corrected chi connectivity index (χ3v) is 2.23. The Labute approximate surface area is 95.6 Å². The molecule has 0 saturated carbocycles. The van der Waals surface area contributed by atoms with E-state index >= 15 is 0 Å². The van der Waals surface area contributed by atoms with Crippen LogP contribution < -0.4 is 11.1 Å². The van der Waals surface area contributed by atoms with Gasteiger partial charge in [-0.3, -0.25) is 0 Å². The predicted octanol–water partition coefficient (Wildman–Crippen LogP) is 1.77. The third kappa shape index (κ3) is 3.85. The first-order valence-corrected chi connectivity index (χ1v) is 5.19. The number of ether oxygens (including phenoxy) is 1. The van der Waals surface area contributed by atoms with E-state index in [1.165, 1.54) is 0 Å². The Hall–Kier alpha value is -1.13. The van der Waals surface area contributed by atoms with E-state index in [4.69, 9.17) is 22.7 Å². The van der Waals surface area contributed by atoms with Gasteiger partial charge in [0.25, 0.3) is 0 Å². The molecule has 15 heavy (non-hydrogen) atoms. The molecule has 0 aliphatic rings. The van der Waals surface area contributed by atoms with Crippen molar-refractivity contribution in [3.63, 3.8) is 0 Å². The van der Waals surface area contributed by atoms with Crippen LogP contribution in [0.1, 0.15) is 12.5 Å². The van der Waals surface area contributed by atoms with Crippen molar-refractivity contribution in [1.82, 2.24) is 0 Å². The van der Waals surface area contributed by atoms with Crippen molar-refractivity contribution in [2.75, 3.05) is 19.0 Å². The lowest BCUT2D eigenvalue weighted by molar-refractivity contribution is 0.190. The Morgan fingerprint density at radius 1 is 1.47 bits per heavy atom. The van der Waals surface area contributed by atoms with E-state index in [1.807, 2.05) is 24.3 Å². The molecule has 0 aliphatic carbocycles. The first-order chi connectivity index (χ1) is 7.13. The molecular formula is C11H16N2OS. The Kier molecular flexibility index (Phi) is 4.52. The number of rotatable bonds is 5. The summed E-state index contributed by atoms with van der Waals surface area (Å²) in [5.74, 6) is 0. The van der Waals surface area contributed by atoms with Gasteiger partial charge in [0, 0.05) is 24.4 Å². The zero-order valence-electron chi connectivity index (χ0n) is 8.99. The number of hydrogen-bond acceptors (Lipinski definition) is 3. The highest BCUT2D eigenvalue weighted by atomic mass is 32.1. The Morgan fingerprint density at radius 3 is 2.53 bits per heavy atom. The van der Waals surface area contributed by atoms with Gasteiger partial charge in [0.05, 0.1) is 6.61 Å². The number of thiocarbonyl (C=S) groups is 1. The zero-order valence-corrected chi connectivity index (χ0v) is 9.80. The van der Waals surface area contributed by atoms with E-state index in [2.05, 4.69) is 12.2 Å². The molecule has 0 radical (unpaired) electrons. The summed E-state index contributed by atoms with van der Waals surface area (Å²) in [6, 6.07) is 8.01. The lowest BCUT2D eigenvalue weighted by Gasteiger charge is -2.14. The van der Waals surface area contributed by atoms with Crippen molar-refractivity contribution in [1.29, 1.82) is 0 Å². The number of hydrogen-bond donors (Lipinski definition) is 2. The molecule has 0 aromatic heterocycles. The van der Waals surface area contributed by atoms with Crippen LogP contribution in [0.3, 0.4) is 0 Å². The van der Waals surface area contributed by atoms with Crippen LogP contribution >= 0.6 is 12.2 Å². The average molecular weight is 224 g/mol. The predicted molar refractivity (Wildman–Crippen MR) is 67.3 cm³/mol. The lowest BCUT2D eigenvalue weighted by atomic mass is 10.2. The molecule has 1 unspecified atom stereocenters. The molecule has 4 heteroatoms. The summed E-state index contributed by atoms with van der Waals surface area (Å²) in [5, 5.41) is 3.30. The molecule has 1 aromatic rings. The van der Waals surface area contributed by atoms with Crippen molar-refractivity contribution >= 4 is 22.9 Å². The molecule has 3 nitrogen and oxygen atoms in total. The molecule has 0 aliphatic heterocycles. The number of anilines is 1. The molecule has 82 valence electrons. The summed E-state index contributed by atoms with van der Waals surface area (Å²) in [6.45, 7) is 2.74. The maximum absolute atomic E-state index is 5.50. The van der Waals surface area contributed by atoms with Crippen LogP contribution in [-0.4, -0.2) is 24.7 Å². The quantitative estimate of drug-likeness (QED) is 0.748. The maximum atomic E-state index is 5.50. The molecule has 0 bridgehead atoms. The maximum Gasteiger partial charge on any atom is 0.103 e. The standard InChI is InChI=1S/C11H16N2OS/c1-8(7-14-2)13-10-5-3-9(4-6-10)11(12)15/h3-6,8,13H,7H2,1-2H3,(H2,12,15). The lowest BCUT2D eigenvalue weighted by Crippen LogP contribution is -2.20. The van der Waals surface area contributed by atoms with Gasteiger partial charge in [-0.1, -0.05) is 12.2 Å². The second-order valence-electron chi connectivity index (χ2n) is 3.44. The van der Waals surface area contributed by atoms with Gasteiger partial charge < -0.3 is 15.8 Å². The van der Waals surface area contributed by atoms with E-state index in [9.17, 15) is 0 Å². The van der Waals surface area contributed by atoms with E-state index < -0.39 is 0 Å². The molecule has 1 atom stereocenters. The summed E-state index contributed by atoms with van der Waals surface area (Å²) in [7, 11) is 1.69. The first kappa shape index (κ1) is 11.9. The van der Waals surface area contributed by atoms with Crippen molar-refractivity contribution in [2.24, 2.45) is 5.73 Å². The largest absolute Gasteiger partial charge is 0.389 e. The SMILES string of the molecule is COCC(C)Nc1ccc(C(N)=S)cc1. The fourth-order valence-electron chi connectivity index (χ4n) is 1.31. The van der Waals surface area contributed by atoms with Crippen LogP contribution in [-0.2, 0) is 4.74 Å². The molecule has 1 aromatic carbocycles. The molecule has 0 fully saturated rings. The summed E-state index contributed by atoms with van der Waals surface area (Å²) >= 11 is 4.87. The van der Waals surface area contributed by atoms with Gasteiger partial charge in [0.15, 0.2) is 0 Å². The number of nitrogens with one attached hydrogen (secondary N) is 1. The van der Waals surface area contributed by atoms with Crippen LogP contribution in [0.25, 0.3) is 0 Å². The highest BCUT2D eigenvalue weighted by Crippen LogP contribution is 2.10. The minimum absolute atomic E-state index is 0.283. The van der Waals surface area contributed by atoms with Gasteiger partial charge in [0.1, 0.15) is 4.99 Å². The zero-order chi connectivity index (χ0) is 11.3. The van der Waals surface area contributed by atoms with Crippen LogP contribution in [0.5, 0.6) is 0 Å². The van der Waals surface area contributed by atoms with Gasteiger partial charge in [-0.2, -0.15) is 0 Å². The van der Waals surface area contributed by atoms with E-state index in [1.54, 1.807) is 7.11 Å². The second kappa shape index (κ2) is 5.68. The highest BCUT2D eigenvalue weighted by Gasteiger charge is 2.01. The number of benzene rings is 1. The molecule has 3 N–H and O–H groups in total. The van der Waals surface area contributed by atoms with Crippen LogP contribution in [0.15, 0.2) is 24.3 Å². The molecule has 0 saturated heterocycles. The summed E-state index contributed by atoms with van der Waals surface area (Å²) in [4.78, 5) is 0.423. The topological polar surface area (TPSA) is 47.3 Å². The Morgan fingerprint density at radius 2 is 2.07 bits per heavy atom. The third-order valence-electron chi connectivity index (χ3n) is 2.00. The van der Waals surface area contributed by atoms with Crippen molar-refractivity contribution in [2.45, 2.75) is 13.0 Å². The van der Waals surface area contributed by atoms with Gasteiger partial charge in [-0.25, -0.2) is 0 Å². The molecule has 1 rings (SSSR count). The molecule has 0 heterocycles. The van der Waals surface area contributed by atoms with Gasteiger partial charge in [-0.15, -0.1) is 0 Å². The van der Waals surface area contributed by atoms with E-state index in [-0.39, 0.29) is 6.04 Å². The minimum Gasteiger partial charge on any atom is -0.389 e. The van der Waals surface area contributed by atoms with Crippen LogP contribution in [0.4, 0.5) is 5.69 Å². The highest BCUT2D eigenvalue weighted by molar-refractivity contribution is 7.80. The van der Waals surface area contributed by atoms with E-state index in [0.717, 1.165) is 11.3 Å². The fraction of sp³-hybridized carbons (Fsp3) is 0.364. The monoisotopic (exact) mass is 224 g/mol. The summed E-state index contributed by atoms with van der Waals surface area (Å²) in [5.41, 5.74) is 7.43. The molecular weight excluding hydrogens is 208 g/mol. The summed E-state index contributed by atoms with van der Waals surface area (Å²) in [6.07, 6.45) is 0. The van der Waals surface area contributed by atoms with Crippen LogP contribution in [0, 0.1) is 0 Å². The normalized spacial score (nSPS) is 12.1. The Bertz CT molecular complexity index is 324. The van der Waals surface area contributed by atoms with Gasteiger partial charge in [0.2, 0.25) is 0 Å². The molecule has 0 spiro atoms. The molecule has 0 amide bonds. The van der Waals surface area contributed by atoms with Gasteiger partial charge >= 0.3 is 0 Å². The van der Waals surface area contributed by atoms with E-state index in [0.29, 0.717) is 11.6 Å². The first-order valence-electron chi connectivity index (χ1n) is 4.79. The Balaban J connectivity index is 2.60. The van der Waals surface area contributed by atoms with Crippen molar-refractivity contribution < 1.29 is 4.74 Å². The average Bonchev–Trinajstić information content (AvgIpc) is 2.18.